The van der Waals surface area contributed by atoms with Crippen LogP contribution in [0.3, 0.4) is 0 Å². The number of hydrogen-bond donors (Lipinski definition) is 1. The van der Waals surface area contributed by atoms with Crippen molar-refractivity contribution in [2.24, 2.45) is 0 Å². The molecule has 0 saturated heterocycles. The summed E-state index contributed by atoms with van der Waals surface area (Å²) in [5.41, 5.74) is 1.43. The van der Waals surface area contributed by atoms with Gasteiger partial charge in [0.25, 0.3) is 0 Å². The smallest absolute Gasteiger partial charge is 0.399 e. The van der Waals surface area contributed by atoms with Crippen LogP contribution in [0.15, 0.2) is 33.4 Å². The number of ether oxygens (including phenoxy) is 1. The van der Waals surface area contributed by atoms with Gasteiger partial charge in [-0.1, -0.05) is 22.0 Å². The maximum absolute atomic E-state index is 8.83. The predicted octanol–water partition coefficient (Wildman–Crippen LogP) is 3.03. The first kappa shape index (κ1) is 11.2. The Morgan fingerprint density at radius 2 is 2.31 bits per heavy atom. The summed E-state index contributed by atoms with van der Waals surface area (Å²) in [6.07, 6.45) is 1.49. The standard InChI is InChI=1S/C11H10BrNO3/c1-7-2-3-8(12)4-10(7)16-11-13-9(5-14)6-15-11/h2-4,6,14H,5H2,1H3. The fourth-order valence-electron chi connectivity index (χ4n) is 1.19. The Balaban J connectivity index is 2.22. The van der Waals surface area contributed by atoms with Crippen LogP contribution in [0.25, 0.3) is 0 Å². The van der Waals surface area contributed by atoms with E-state index in [2.05, 4.69) is 20.9 Å². The second kappa shape index (κ2) is 4.67. The van der Waals surface area contributed by atoms with Crippen molar-refractivity contribution >= 4 is 15.9 Å². The van der Waals surface area contributed by atoms with Crippen molar-refractivity contribution in [1.82, 2.24) is 4.98 Å². The first-order valence-corrected chi connectivity index (χ1v) is 5.47. The van der Waals surface area contributed by atoms with Gasteiger partial charge >= 0.3 is 6.08 Å². The summed E-state index contributed by atoms with van der Waals surface area (Å²) in [7, 11) is 0. The number of aromatic nitrogens is 1. The molecule has 0 saturated carbocycles. The molecule has 1 aromatic carbocycles. The lowest BCUT2D eigenvalue weighted by molar-refractivity contribution is 0.276. The molecule has 84 valence electrons. The fourth-order valence-corrected chi connectivity index (χ4v) is 1.53. The van der Waals surface area contributed by atoms with Gasteiger partial charge in [-0.25, -0.2) is 0 Å². The maximum atomic E-state index is 8.83. The molecule has 0 spiro atoms. The molecule has 0 radical (unpaired) electrons. The highest BCUT2D eigenvalue weighted by molar-refractivity contribution is 9.10. The summed E-state index contributed by atoms with van der Waals surface area (Å²) < 4.78 is 11.4. The average Bonchev–Trinajstić information content (AvgIpc) is 2.71. The van der Waals surface area contributed by atoms with E-state index in [9.17, 15) is 0 Å². The van der Waals surface area contributed by atoms with Crippen LogP contribution >= 0.6 is 15.9 Å². The lowest BCUT2D eigenvalue weighted by Crippen LogP contribution is -1.88. The summed E-state index contributed by atoms with van der Waals surface area (Å²) in [6.45, 7) is 1.77. The van der Waals surface area contributed by atoms with Crippen LogP contribution in [0, 0.1) is 6.92 Å². The van der Waals surface area contributed by atoms with E-state index in [1.165, 1.54) is 6.26 Å². The van der Waals surface area contributed by atoms with Gasteiger partial charge in [-0.05, 0) is 24.6 Å². The van der Waals surface area contributed by atoms with E-state index in [1.54, 1.807) is 0 Å². The SMILES string of the molecule is Cc1ccc(Br)cc1Oc1nc(CO)co1. The van der Waals surface area contributed by atoms with Gasteiger partial charge in [0.1, 0.15) is 17.7 Å². The Morgan fingerprint density at radius 3 is 3.00 bits per heavy atom. The fraction of sp³-hybridized carbons (Fsp3) is 0.182. The number of rotatable bonds is 3. The third kappa shape index (κ3) is 2.43. The Labute approximate surface area is 101 Å². The van der Waals surface area contributed by atoms with Crippen molar-refractivity contribution in [2.75, 3.05) is 0 Å². The highest BCUT2D eigenvalue weighted by Crippen LogP contribution is 2.27. The Bertz CT molecular complexity index is 496. The largest absolute Gasteiger partial charge is 0.417 e. The number of halogens is 1. The zero-order valence-electron chi connectivity index (χ0n) is 8.61. The van der Waals surface area contributed by atoms with E-state index in [1.807, 2.05) is 25.1 Å². The third-order valence-electron chi connectivity index (χ3n) is 2.04. The van der Waals surface area contributed by atoms with Crippen molar-refractivity contribution in [3.63, 3.8) is 0 Å². The van der Waals surface area contributed by atoms with Crippen LogP contribution in [0.5, 0.6) is 11.8 Å². The summed E-state index contributed by atoms with van der Waals surface area (Å²) in [5, 5.41) is 8.83. The van der Waals surface area contributed by atoms with Crippen molar-refractivity contribution in [3.8, 4) is 11.8 Å². The predicted molar refractivity (Wildman–Crippen MR) is 61.4 cm³/mol. The van der Waals surface area contributed by atoms with E-state index in [4.69, 9.17) is 14.3 Å². The molecule has 0 fully saturated rings. The second-order valence-corrected chi connectivity index (χ2v) is 4.19. The lowest BCUT2D eigenvalue weighted by atomic mass is 10.2. The van der Waals surface area contributed by atoms with Gasteiger partial charge in [-0.3, -0.25) is 0 Å². The normalized spacial score (nSPS) is 10.4. The number of nitrogens with zero attached hydrogens (tertiary/aromatic N) is 1. The summed E-state index contributed by atoms with van der Waals surface area (Å²) in [4.78, 5) is 3.94. The van der Waals surface area contributed by atoms with Crippen LogP contribution in [0.2, 0.25) is 0 Å². The first-order valence-electron chi connectivity index (χ1n) is 4.68. The number of benzene rings is 1. The van der Waals surface area contributed by atoms with Gasteiger partial charge < -0.3 is 14.3 Å². The minimum absolute atomic E-state index is 0.130. The Kier molecular flexibility index (Phi) is 3.26. The number of aliphatic hydroxyl groups excluding tert-OH is 1. The number of aliphatic hydroxyl groups is 1. The average molecular weight is 284 g/mol. The summed E-state index contributed by atoms with van der Waals surface area (Å²) in [6, 6.07) is 5.68. The molecule has 0 bridgehead atoms. The van der Waals surface area contributed by atoms with E-state index in [-0.39, 0.29) is 12.7 Å². The molecule has 2 rings (SSSR count). The third-order valence-corrected chi connectivity index (χ3v) is 2.53. The van der Waals surface area contributed by atoms with Crippen molar-refractivity contribution in [1.29, 1.82) is 0 Å². The van der Waals surface area contributed by atoms with E-state index < -0.39 is 0 Å². The molecular formula is C11H10BrNO3. The molecule has 1 N–H and O–H groups in total. The van der Waals surface area contributed by atoms with Gasteiger partial charge in [0.15, 0.2) is 0 Å². The number of oxazole rings is 1. The Hall–Kier alpha value is -1.33. The van der Waals surface area contributed by atoms with Crippen LogP contribution in [-0.2, 0) is 6.61 Å². The van der Waals surface area contributed by atoms with Crippen molar-refractivity contribution in [2.45, 2.75) is 13.5 Å². The van der Waals surface area contributed by atoms with Gasteiger partial charge in [-0.15, -0.1) is 0 Å². The molecule has 0 unspecified atom stereocenters. The van der Waals surface area contributed by atoms with Crippen LogP contribution in [-0.4, -0.2) is 10.1 Å². The highest BCUT2D eigenvalue weighted by atomic mass is 79.9. The van der Waals surface area contributed by atoms with Gasteiger partial charge in [0.2, 0.25) is 0 Å². The molecule has 2 aromatic rings. The van der Waals surface area contributed by atoms with Crippen LogP contribution in [0.1, 0.15) is 11.3 Å². The maximum Gasteiger partial charge on any atom is 0.399 e. The zero-order chi connectivity index (χ0) is 11.5. The minimum Gasteiger partial charge on any atom is -0.417 e. The van der Waals surface area contributed by atoms with Gasteiger partial charge in [0.05, 0.1) is 6.61 Å². The number of aryl methyl sites for hydroxylation is 1. The van der Waals surface area contributed by atoms with Crippen molar-refractivity contribution in [3.05, 3.63) is 40.2 Å². The monoisotopic (exact) mass is 283 g/mol. The molecule has 0 aliphatic rings. The molecule has 1 aromatic heterocycles. The second-order valence-electron chi connectivity index (χ2n) is 3.27. The molecule has 5 heteroatoms. The molecule has 1 heterocycles. The molecule has 0 aliphatic heterocycles. The molecular weight excluding hydrogens is 274 g/mol. The molecule has 0 atom stereocenters. The van der Waals surface area contributed by atoms with Gasteiger partial charge in [0, 0.05) is 4.47 Å². The van der Waals surface area contributed by atoms with Gasteiger partial charge in [-0.2, -0.15) is 4.98 Å². The van der Waals surface area contributed by atoms with E-state index in [0.29, 0.717) is 11.4 Å². The molecule has 16 heavy (non-hydrogen) atoms. The topological polar surface area (TPSA) is 55.5 Å². The summed E-state index contributed by atoms with van der Waals surface area (Å²) >= 11 is 3.36. The van der Waals surface area contributed by atoms with Crippen molar-refractivity contribution < 1.29 is 14.3 Å². The van der Waals surface area contributed by atoms with E-state index >= 15 is 0 Å². The Morgan fingerprint density at radius 1 is 1.50 bits per heavy atom. The van der Waals surface area contributed by atoms with Crippen LogP contribution < -0.4 is 4.74 Å². The van der Waals surface area contributed by atoms with Crippen LogP contribution in [0.4, 0.5) is 0 Å². The molecule has 0 amide bonds. The quantitative estimate of drug-likeness (QED) is 0.941. The van der Waals surface area contributed by atoms with E-state index in [0.717, 1.165) is 10.0 Å². The molecule has 4 nitrogen and oxygen atoms in total. The number of hydrogen-bond acceptors (Lipinski definition) is 4. The lowest BCUT2D eigenvalue weighted by Gasteiger charge is -2.04. The summed E-state index contributed by atoms with van der Waals surface area (Å²) in [5.74, 6) is 0.667. The minimum atomic E-state index is -0.162. The first-order chi connectivity index (χ1) is 7.69. The highest BCUT2D eigenvalue weighted by Gasteiger charge is 2.07. The molecule has 0 aliphatic carbocycles. The zero-order valence-corrected chi connectivity index (χ0v) is 10.2.